The maximum absolute atomic E-state index is 12.0. The first-order chi connectivity index (χ1) is 8.56. The lowest BCUT2D eigenvalue weighted by Gasteiger charge is -2.07. The van der Waals surface area contributed by atoms with Crippen molar-refractivity contribution in [1.29, 1.82) is 0 Å². The van der Waals surface area contributed by atoms with E-state index in [1.807, 2.05) is 31.2 Å². The number of benzene rings is 1. The van der Waals surface area contributed by atoms with E-state index in [9.17, 15) is 4.79 Å². The highest BCUT2D eigenvalue weighted by Gasteiger charge is 2.11. The van der Waals surface area contributed by atoms with Gasteiger partial charge in [0.05, 0.1) is 10.6 Å². The maximum atomic E-state index is 12.0. The minimum absolute atomic E-state index is 0.230. The van der Waals surface area contributed by atoms with Crippen LogP contribution in [0.2, 0.25) is 10.2 Å². The summed E-state index contributed by atoms with van der Waals surface area (Å²) < 4.78 is 0. The molecule has 3 nitrogen and oxygen atoms in total. The summed E-state index contributed by atoms with van der Waals surface area (Å²) in [6.45, 7) is 1.95. The molecule has 0 aliphatic rings. The topological polar surface area (TPSA) is 42.0 Å². The van der Waals surface area contributed by atoms with Crippen molar-refractivity contribution < 1.29 is 4.79 Å². The number of amides is 1. The van der Waals surface area contributed by atoms with Crippen molar-refractivity contribution in [2.24, 2.45) is 0 Å². The van der Waals surface area contributed by atoms with Gasteiger partial charge >= 0.3 is 0 Å². The van der Waals surface area contributed by atoms with Crippen molar-refractivity contribution in [3.63, 3.8) is 0 Å². The zero-order valence-corrected chi connectivity index (χ0v) is 11.1. The maximum Gasteiger partial charge on any atom is 0.257 e. The van der Waals surface area contributed by atoms with Crippen LogP contribution >= 0.6 is 23.2 Å². The molecule has 1 amide bonds. The number of nitrogens with zero attached hydrogens (tertiary/aromatic N) is 1. The molecule has 0 aliphatic carbocycles. The molecule has 0 spiro atoms. The van der Waals surface area contributed by atoms with E-state index in [-0.39, 0.29) is 16.1 Å². The van der Waals surface area contributed by atoms with Crippen LogP contribution in [0.4, 0.5) is 5.69 Å². The van der Waals surface area contributed by atoms with Crippen molar-refractivity contribution >= 4 is 34.8 Å². The van der Waals surface area contributed by atoms with Gasteiger partial charge in [0.25, 0.3) is 5.91 Å². The van der Waals surface area contributed by atoms with Gasteiger partial charge < -0.3 is 5.32 Å². The Kier molecular flexibility index (Phi) is 3.84. The van der Waals surface area contributed by atoms with E-state index in [0.717, 1.165) is 5.56 Å². The Morgan fingerprint density at radius 2 is 2.06 bits per heavy atom. The molecule has 0 saturated heterocycles. The molecule has 0 fully saturated rings. The lowest BCUT2D eigenvalue weighted by Crippen LogP contribution is -2.12. The largest absolute Gasteiger partial charge is 0.322 e. The van der Waals surface area contributed by atoms with Crippen molar-refractivity contribution in [3.8, 4) is 0 Å². The van der Waals surface area contributed by atoms with Crippen LogP contribution in [-0.2, 0) is 0 Å². The average Bonchev–Trinajstić information content (AvgIpc) is 2.32. The zero-order chi connectivity index (χ0) is 13.1. The molecule has 2 aromatic rings. The van der Waals surface area contributed by atoms with Gasteiger partial charge in [-0.3, -0.25) is 4.79 Å². The number of aromatic nitrogens is 1. The third kappa shape index (κ3) is 3.00. The predicted molar refractivity (Wildman–Crippen MR) is 73.4 cm³/mol. The quantitative estimate of drug-likeness (QED) is 0.847. The third-order valence-corrected chi connectivity index (χ3v) is 2.85. The van der Waals surface area contributed by atoms with E-state index in [2.05, 4.69) is 10.3 Å². The van der Waals surface area contributed by atoms with E-state index in [1.165, 1.54) is 12.3 Å². The highest BCUT2D eigenvalue weighted by Crippen LogP contribution is 2.20. The number of carbonyl (C=O) groups is 1. The van der Waals surface area contributed by atoms with Gasteiger partial charge in [0.15, 0.2) is 0 Å². The molecular formula is C13H10Cl2N2O. The second-order valence-electron chi connectivity index (χ2n) is 3.81. The van der Waals surface area contributed by atoms with Crippen molar-refractivity contribution in [2.75, 3.05) is 5.32 Å². The summed E-state index contributed by atoms with van der Waals surface area (Å²) >= 11 is 11.6. The molecule has 1 heterocycles. The van der Waals surface area contributed by atoms with E-state index in [1.54, 1.807) is 0 Å². The van der Waals surface area contributed by atoms with Gasteiger partial charge in [-0.1, -0.05) is 35.3 Å². The van der Waals surface area contributed by atoms with Gasteiger partial charge in [-0.25, -0.2) is 4.98 Å². The van der Waals surface area contributed by atoms with Crippen LogP contribution in [0.1, 0.15) is 15.9 Å². The first kappa shape index (κ1) is 12.9. The summed E-state index contributed by atoms with van der Waals surface area (Å²) in [4.78, 5) is 15.8. The Morgan fingerprint density at radius 3 is 2.78 bits per heavy atom. The lowest BCUT2D eigenvalue weighted by atomic mass is 10.2. The van der Waals surface area contributed by atoms with Crippen LogP contribution in [-0.4, -0.2) is 10.9 Å². The first-order valence-electron chi connectivity index (χ1n) is 5.25. The number of nitrogens with one attached hydrogen (secondary N) is 1. The highest BCUT2D eigenvalue weighted by atomic mass is 35.5. The minimum Gasteiger partial charge on any atom is -0.322 e. The molecule has 0 bridgehead atoms. The number of hydrogen-bond acceptors (Lipinski definition) is 2. The van der Waals surface area contributed by atoms with E-state index >= 15 is 0 Å². The zero-order valence-electron chi connectivity index (χ0n) is 9.58. The Labute approximate surface area is 115 Å². The summed E-state index contributed by atoms with van der Waals surface area (Å²) in [5, 5.41) is 3.26. The molecule has 1 N–H and O–H groups in total. The van der Waals surface area contributed by atoms with Crippen LogP contribution in [0.5, 0.6) is 0 Å². The van der Waals surface area contributed by atoms with Crippen LogP contribution in [0.3, 0.4) is 0 Å². The molecule has 0 atom stereocenters. The molecule has 1 aromatic carbocycles. The van der Waals surface area contributed by atoms with Crippen molar-refractivity contribution in [1.82, 2.24) is 4.98 Å². The molecule has 92 valence electrons. The molecule has 1 aromatic heterocycles. The van der Waals surface area contributed by atoms with E-state index in [4.69, 9.17) is 23.2 Å². The van der Waals surface area contributed by atoms with Gasteiger partial charge in [0, 0.05) is 11.9 Å². The normalized spacial score (nSPS) is 10.2. The Balaban J connectivity index is 2.24. The smallest absolute Gasteiger partial charge is 0.257 e. The Hall–Kier alpha value is -1.58. The number of pyridine rings is 1. The van der Waals surface area contributed by atoms with Crippen LogP contribution in [0.15, 0.2) is 36.5 Å². The second kappa shape index (κ2) is 5.38. The summed E-state index contributed by atoms with van der Waals surface area (Å²) in [6.07, 6.45) is 1.36. The van der Waals surface area contributed by atoms with Gasteiger partial charge in [-0.2, -0.15) is 0 Å². The first-order valence-corrected chi connectivity index (χ1v) is 6.01. The predicted octanol–water partition coefficient (Wildman–Crippen LogP) is 3.95. The number of carbonyl (C=O) groups excluding carboxylic acids is 1. The van der Waals surface area contributed by atoms with E-state index < -0.39 is 0 Å². The van der Waals surface area contributed by atoms with Gasteiger partial charge in [-0.15, -0.1) is 0 Å². The number of anilines is 1. The monoisotopic (exact) mass is 280 g/mol. The van der Waals surface area contributed by atoms with Crippen LogP contribution in [0.25, 0.3) is 0 Å². The summed E-state index contributed by atoms with van der Waals surface area (Å²) in [5.74, 6) is -0.310. The lowest BCUT2D eigenvalue weighted by molar-refractivity contribution is 0.102. The molecule has 0 unspecified atom stereocenters. The molecule has 0 radical (unpaired) electrons. The molecular weight excluding hydrogens is 271 g/mol. The summed E-state index contributed by atoms with van der Waals surface area (Å²) in [7, 11) is 0. The summed E-state index contributed by atoms with van der Waals surface area (Å²) in [6, 6.07) is 8.93. The van der Waals surface area contributed by atoms with Crippen molar-refractivity contribution in [3.05, 3.63) is 57.8 Å². The number of hydrogen-bond donors (Lipinski definition) is 1. The molecule has 0 saturated carbocycles. The number of rotatable bonds is 2. The number of halogens is 2. The van der Waals surface area contributed by atoms with Gasteiger partial charge in [0.2, 0.25) is 0 Å². The highest BCUT2D eigenvalue weighted by molar-refractivity contribution is 6.35. The molecule has 0 aliphatic heterocycles. The number of aryl methyl sites for hydroxylation is 1. The fraction of sp³-hybridized carbons (Fsp3) is 0.0769. The van der Waals surface area contributed by atoms with Gasteiger partial charge in [-0.05, 0) is 30.7 Å². The standard InChI is InChI=1S/C13H10Cl2N2O/c1-8-3-2-4-9(5-8)17-13(18)10-6-12(15)16-7-11(10)14/h2-7H,1H3,(H,17,18). The van der Waals surface area contributed by atoms with E-state index in [0.29, 0.717) is 11.3 Å². The van der Waals surface area contributed by atoms with Crippen LogP contribution < -0.4 is 5.32 Å². The molecule has 18 heavy (non-hydrogen) atoms. The SMILES string of the molecule is Cc1cccc(NC(=O)c2cc(Cl)ncc2Cl)c1. The summed E-state index contributed by atoms with van der Waals surface area (Å²) in [5.41, 5.74) is 2.08. The Bertz CT molecular complexity index is 599. The average molecular weight is 281 g/mol. The van der Waals surface area contributed by atoms with Crippen LogP contribution in [0, 0.1) is 6.92 Å². The Morgan fingerprint density at radius 1 is 1.28 bits per heavy atom. The molecule has 5 heteroatoms. The second-order valence-corrected chi connectivity index (χ2v) is 4.60. The molecule has 2 rings (SSSR count). The minimum atomic E-state index is -0.310. The third-order valence-electron chi connectivity index (χ3n) is 2.34. The fourth-order valence-electron chi connectivity index (χ4n) is 1.51. The van der Waals surface area contributed by atoms with Gasteiger partial charge in [0.1, 0.15) is 5.15 Å². The van der Waals surface area contributed by atoms with Crippen molar-refractivity contribution in [2.45, 2.75) is 6.92 Å². The fourth-order valence-corrected chi connectivity index (χ4v) is 1.86.